The van der Waals surface area contributed by atoms with Crippen molar-refractivity contribution in [1.29, 1.82) is 0 Å². The van der Waals surface area contributed by atoms with E-state index in [2.05, 4.69) is 5.32 Å². The minimum absolute atomic E-state index is 0.0172. The molecular formula is C25H26N2O4. The predicted molar refractivity (Wildman–Crippen MR) is 119 cm³/mol. The second-order valence-corrected chi connectivity index (χ2v) is 7.96. The van der Waals surface area contributed by atoms with Crippen molar-refractivity contribution in [2.75, 3.05) is 19.0 Å². The molecular weight excluding hydrogens is 392 g/mol. The molecule has 0 unspecified atom stereocenters. The average Bonchev–Trinajstić information content (AvgIpc) is 3.22. The summed E-state index contributed by atoms with van der Waals surface area (Å²) in [6.45, 7) is 5.08. The molecule has 0 saturated carbocycles. The van der Waals surface area contributed by atoms with Crippen LogP contribution in [0.5, 0.6) is 5.75 Å². The van der Waals surface area contributed by atoms with Gasteiger partial charge in [0, 0.05) is 42.2 Å². The summed E-state index contributed by atoms with van der Waals surface area (Å²) in [5, 5.41) is 2.93. The highest BCUT2D eigenvalue weighted by Gasteiger charge is 2.25. The van der Waals surface area contributed by atoms with E-state index >= 15 is 0 Å². The first-order valence-corrected chi connectivity index (χ1v) is 10.4. The van der Waals surface area contributed by atoms with Crippen molar-refractivity contribution in [3.05, 3.63) is 71.5 Å². The van der Waals surface area contributed by atoms with Crippen LogP contribution in [0.15, 0.2) is 59.0 Å². The van der Waals surface area contributed by atoms with E-state index in [-0.39, 0.29) is 17.7 Å². The number of hydrogen-bond acceptors (Lipinski definition) is 4. The quantitative estimate of drug-likeness (QED) is 0.649. The molecule has 2 heterocycles. The molecule has 0 atom stereocenters. The number of carbonyl (C=O) groups excluding carboxylic acids is 2. The fourth-order valence-corrected chi connectivity index (χ4v) is 3.81. The van der Waals surface area contributed by atoms with E-state index in [0.29, 0.717) is 36.5 Å². The van der Waals surface area contributed by atoms with Gasteiger partial charge in [0.1, 0.15) is 17.3 Å². The largest absolute Gasteiger partial charge is 0.496 e. The lowest BCUT2D eigenvalue weighted by atomic mass is 10.1. The molecule has 4 rings (SSSR count). The van der Waals surface area contributed by atoms with Crippen LogP contribution >= 0.6 is 0 Å². The number of ether oxygens (including phenoxy) is 1. The minimum Gasteiger partial charge on any atom is -0.496 e. The van der Waals surface area contributed by atoms with Gasteiger partial charge in [-0.15, -0.1) is 0 Å². The molecule has 1 N–H and O–H groups in total. The highest BCUT2D eigenvalue weighted by Crippen LogP contribution is 2.31. The van der Waals surface area contributed by atoms with Crippen LogP contribution in [-0.2, 0) is 17.8 Å². The lowest BCUT2D eigenvalue weighted by molar-refractivity contribution is -0.135. The Labute approximate surface area is 181 Å². The van der Waals surface area contributed by atoms with Gasteiger partial charge in [-0.25, -0.2) is 0 Å². The Morgan fingerprint density at radius 3 is 2.68 bits per heavy atom. The average molecular weight is 418 g/mol. The van der Waals surface area contributed by atoms with Gasteiger partial charge in [0.25, 0.3) is 5.91 Å². The number of carbonyl (C=O) groups is 2. The number of fused-ring (bicyclic) bond motifs is 1. The number of hydrogen-bond donors (Lipinski definition) is 1. The summed E-state index contributed by atoms with van der Waals surface area (Å²) in [7, 11) is 1.54. The monoisotopic (exact) mass is 418 g/mol. The topological polar surface area (TPSA) is 71.8 Å². The van der Waals surface area contributed by atoms with E-state index in [1.54, 1.807) is 25.3 Å². The van der Waals surface area contributed by atoms with Crippen LogP contribution in [-0.4, -0.2) is 30.4 Å². The van der Waals surface area contributed by atoms with Crippen LogP contribution in [0.3, 0.4) is 0 Å². The van der Waals surface area contributed by atoms with Gasteiger partial charge in [-0.2, -0.15) is 0 Å². The number of anilines is 1. The maximum Gasteiger partial charge on any atom is 0.259 e. The zero-order chi connectivity index (χ0) is 22.0. The number of para-hydroxylation sites is 1. The first-order valence-electron chi connectivity index (χ1n) is 10.4. The Hall–Kier alpha value is -3.54. The second kappa shape index (κ2) is 8.68. The number of benzene rings is 2. The molecule has 1 aliphatic rings. The fraction of sp³-hybridized carbons (Fsp3) is 0.280. The van der Waals surface area contributed by atoms with Gasteiger partial charge in [0.05, 0.1) is 12.7 Å². The van der Waals surface area contributed by atoms with Gasteiger partial charge in [0.15, 0.2) is 0 Å². The molecule has 31 heavy (non-hydrogen) atoms. The molecule has 2 amide bonds. The molecule has 160 valence electrons. The number of nitrogens with one attached hydrogen (secondary N) is 1. The molecule has 3 aromatic rings. The van der Waals surface area contributed by atoms with Gasteiger partial charge in [-0.05, 0) is 30.3 Å². The fourth-order valence-electron chi connectivity index (χ4n) is 3.81. The summed E-state index contributed by atoms with van der Waals surface area (Å²) in [6.07, 6.45) is 0.706. The maximum absolute atomic E-state index is 12.7. The van der Waals surface area contributed by atoms with Crippen LogP contribution < -0.4 is 10.1 Å². The number of rotatable bonds is 5. The molecule has 1 aromatic heterocycles. The number of methoxy groups -OCH3 is 1. The standard InChI is InChI=1S/C25H26N2O4/c1-16(2)25(29)27-12-11-21-18(15-27)14-23(31-21)17-7-6-8-19(13-17)26-24(28)20-9-4-5-10-22(20)30-3/h4-10,13-14,16H,11-12,15H2,1-3H3,(H,26,28). The van der Waals surface area contributed by atoms with Crippen LogP contribution in [0.4, 0.5) is 5.69 Å². The van der Waals surface area contributed by atoms with Gasteiger partial charge in [0.2, 0.25) is 5.91 Å². The molecule has 6 heteroatoms. The van der Waals surface area contributed by atoms with E-state index in [1.807, 2.05) is 55.1 Å². The normalized spacial score (nSPS) is 13.1. The predicted octanol–water partition coefficient (Wildman–Crippen LogP) is 4.75. The summed E-state index contributed by atoms with van der Waals surface area (Å²) >= 11 is 0. The molecule has 1 aliphatic heterocycles. The van der Waals surface area contributed by atoms with Gasteiger partial charge in [-0.1, -0.05) is 38.1 Å². The highest BCUT2D eigenvalue weighted by atomic mass is 16.5. The third-order valence-corrected chi connectivity index (χ3v) is 5.43. The zero-order valence-electron chi connectivity index (χ0n) is 18.0. The summed E-state index contributed by atoms with van der Waals surface area (Å²) in [5.41, 5.74) is 3.05. The van der Waals surface area contributed by atoms with Crippen molar-refractivity contribution >= 4 is 17.5 Å². The Balaban J connectivity index is 1.53. The highest BCUT2D eigenvalue weighted by molar-refractivity contribution is 6.06. The van der Waals surface area contributed by atoms with Crippen LogP contribution in [0.25, 0.3) is 11.3 Å². The first kappa shape index (κ1) is 20.7. The van der Waals surface area contributed by atoms with Crippen molar-refractivity contribution < 1.29 is 18.7 Å². The van der Waals surface area contributed by atoms with Crippen molar-refractivity contribution in [2.45, 2.75) is 26.8 Å². The summed E-state index contributed by atoms with van der Waals surface area (Å²) in [5.74, 6) is 2.08. The van der Waals surface area contributed by atoms with Gasteiger partial charge in [-0.3, -0.25) is 9.59 Å². The van der Waals surface area contributed by atoms with E-state index in [4.69, 9.17) is 9.15 Å². The molecule has 0 saturated heterocycles. The first-order chi connectivity index (χ1) is 15.0. The van der Waals surface area contributed by atoms with Crippen molar-refractivity contribution in [3.63, 3.8) is 0 Å². The Bertz CT molecular complexity index is 1120. The van der Waals surface area contributed by atoms with Crippen molar-refractivity contribution in [1.82, 2.24) is 4.90 Å². The van der Waals surface area contributed by atoms with E-state index in [0.717, 1.165) is 22.6 Å². The zero-order valence-corrected chi connectivity index (χ0v) is 18.0. The van der Waals surface area contributed by atoms with Gasteiger partial charge < -0.3 is 19.4 Å². The number of nitrogens with zero attached hydrogens (tertiary/aromatic N) is 1. The van der Waals surface area contributed by atoms with Crippen LogP contribution in [0.1, 0.15) is 35.5 Å². The SMILES string of the molecule is COc1ccccc1C(=O)Nc1cccc(-c2cc3c(o2)CCN(C(=O)C(C)C)C3)c1. The Morgan fingerprint density at radius 2 is 1.90 bits per heavy atom. The molecule has 2 aromatic carbocycles. The maximum atomic E-state index is 12.7. The van der Waals surface area contributed by atoms with Crippen LogP contribution in [0.2, 0.25) is 0 Å². The smallest absolute Gasteiger partial charge is 0.259 e. The lowest BCUT2D eigenvalue weighted by Crippen LogP contribution is -2.37. The summed E-state index contributed by atoms with van der Waals surface area (Å²) < 4.78 is 11.4. The molecule has 0 spiro atoms. The third-order valence-electron chi connectivity index (χ3n) is 5.43. The minimum atomic E-state index is -0.240. The van der Waals surface area contributed by atoms with E-state index in [9.17, 15) is 9.59 Å². The number of amides is 2. The Kier molecular flexibility index (Phi) is 5.80. The Morgan fingerprint density at radius 1 is 1.10 bits per heavy atom. The van der Waals surface area contributed by atoms with Crippen molar-refractivity contribution in [3.8, 4) is 17.1 Å². The molecule has 6 nitrogen and oxygen atoms in total. The lowest BCUT2D eigenvalue weighted by Gasteiger charge is -2.27. The molecule has 0 radical (unpaired) electrons. The molecule has 0 aliphatic carbocycles. The number of furan rings is 1. The summed E-state index contributed by atoms with van der Waals surface area (Å²) in [4.78, 5) is 26.9. The summed E-state index contributed by atoms with van der Waals surface area (Å²) in [6, 6.07) is 16.6. The molecule has 0 bridgehead atoms. The van der Waals surface area contributed by atoms with Crippen LogP contribution in [0, 0.1) is 5.92 Å². The molecule has 0 fully saturated rings. The van der Waals surface area contributed by atoms with Crippen molar-refractivity contribution in [2.24, 2.45) is 5.92 Å². The third kappa shape index (κ3) is 4.33. The van der Waals surface area contributed by atoms with E-state index < -0.39 is 0 Å². The second-order valence-electron chi connectivity index (χ2n) is 7.96. The van der Waals surface area contributed by atoms with E-state index in [1.165, 1.54) is 0 Å². The van der Waals surface area contributed by atoms with Gasteiger partial charge >= 0.3 is 0 Å².